The minimum Gasteiger partial charge on any atom is -0.495 e. The third-order valence-corrected chi connectivity index (χ3v) is 2.63. The number of rotatable bonds is 5. The Morgan fingerprint density at radius 1 is 1.45 bits per heavy atom. The second-order valence-electron chi connectivity index (χ2n) is 4.12. The lowest BCUT2D eigenvalue weighted by atomic mass is 10.3. The molecule has 2 rings (SSSR count). The summed E-state index contributed by atoms with van der Waals surface area (Å²) in [5, 5.41) is 9.48. The number of carbonyl (C=O) groups is 1. The first kappa shape index (κ1) is 13.7. The third-order valence-electron chi connectivity index (χ3n) is 2.63. The van der Waals surface area contributed by atoms with Crippen LogP contribution in [-0.2, 0) is 6.54 Å². The number of hydrogen-bond acceptors (Lipinski definition) is 4. The summed E-state index contributed by atoms with van der Waals surface area (Å²) in [6.45, 7) is 0.999. The van der Waals surface area contributed by atoms with Gasteiger partial charge in [0.2, 0.25) is 0 Å². The fourth-order valence-corrected chi connectivity index (χ4v) is 1.70. The zero-order valence-electron chi connectivity index (χ0n) is 11.2. The molecular formula is C13H17N5O2. The van der Waals surface area contributed by atoms with Gasteiger partial charge in [-0.05, 0) is 12.1 Å². The van der Waals surface area contributed by atoms with Crippen LogP contribution in [0.15, 0.2) is 36.7 Å². The molecule has 0 atom stereocenters. The van der Waals surface area contributed by atoms with Crippen molar-refractivity contribution in [2.75, 3.05) is 24.7 Å². The van der Waals surface area contributed by atoms with E-state index >= 15 is 0 Å². The molecule has 7 nitrogen and oxygen atoms in total. The first-order valence-electron chi connectivity index (χ1n) is 6.15. The fourth-order valence-electron chi connectivity index (χ4n) is 1.70. The second kappa shape index (κ2) is 6.46. The van der Waals surface area contributed by atoms with E-state index in [2.05, 4.69) is 15.7 Å². The number of hydrogen-bond donors (Lipinski definition) is 3. The molecule has 0 fully saturated rings. The molecule has 0 aliphatic rings. The van der Waals surface area contributed by atoms with Crippen molar-refractivity contribution in [3.05, 3.63) is 36.7 Å². The molecule has 2 aromatic rings. The Morgan fingerprint density at radius 3 is 2.95 bits per heavy atom. The van der Waals surface area contributed by atoms with E-state index in [-0.39, 0.29) is 6.03 Å². The Hall–Kier alpha value is -2.70. The van der Waals surface area contributed by atoms with Crippen molar-refractivity contribution >= 4 is 17.4 Å². The van der Waals surface area contributed by atoms with Gasteiger partial charge < -0.3 is 21.1 Å². The maximum Gasteiger partial charge on any atom is 0.319 e. The number of ether oxygens (including phenoxy) is 1. The van der Waals surface area contributed by atoms with E-state index in [4.69, 9.17) is 10.5 Å². The molecule has 0 radical (unpaired) electrons. The van der Waals surface area contributed by atoms with E-state index in [0.29, 0.717) is 30.2 Å². The minimum atomic E-state index is -0.297. The van der Waals surface area contributed by atoms with Gasteiger partial charge >= 0.3 is 6.03 Å². The van der Waals surface area contributed by atoms with Crippen molar-refractivity contribution in [2.45, 2.75) is 6.54 Å². The van der Waals surface area contributed by atoms with Crippen molar-refractivity contribution in [2.24, 2.45) is 0 Å². The van der Waals surface area contributed by atoms with Gasteiger partial charge in [0.1, 0.15) is 5.75 Å². The van der Waals surface area contributed by atoms with Gasteiger partial charge in [0.05, 0.1) is 31.2 Å². The van der Waals surface area contributed by atoms with Crippen LogP contribution in [0.5, 0.6) is 5.75 Å². The minimum absolute atomic E-state index is 0.297. The average Bonchev–Trinajstić information content (AvgIpc) is 2.85. The van der Waals surface area contributed by atoms with Crippen LogP contribution in [0.25, 0.3) is 0 Å². The Kier molecular flexibility index (Phi) is 4.43. The summed E-state index contributed by atoms with van der Waals surface area (Å²) < 4.78 is 6.82. The molecule has 7 heteroatoms. The summed E-state index contributed by atoms with van der Waals surface area (Å²) in [7, 11) is 1.56. The van der Waals surface area contributed by atoms with Crippen molar-refractivity contribution in [3.8, 4) is 5.75 Å². The molecule has 0 aliphatic heterocycles. The number of nitrogens with two attached hydrogens (primary N) is 1. The van der Waals surface area contributed by atoms with Crippen LogP contribution < -0.4 is 21.1 Å². The van der Waals surface area contributed by atoms with Gasteiger partial charge in [0.15, 0.2) is 0 Å². The Balaban J connectivity index is 1.80. The maximum absolute atomic E-state index is 11.7. The van der Waals surface area contributed by atoms with Crippen LogP contribution in [0.4, 0.5) is 16.2 Å². The zero-order chi connectivity index (χ0) is 14.4. The summed E-state index contributed by atoms with van der Waals surface area (Å²) in [6, 6.07) is 6.92. The highest BCUT2D eigenvalue weighted by molar-refractivity contribution is 5.90. The molecule has 0 aliphatic carbocycles. The molecular weight excluding hydrogens is 258 g/mol. The predicted molar refractivity (Wildman–Crippen MR) is 76.7 cm³/mol. The van der Waals surface area contributed by atoms with Crippen molar-refractivity contribution in [3.63, 3.8) is 0 Å². The van der Waals surface area contributed by atoms with Crippen molar-refractivity contribution < 1.29 is 9.53 Å². The SMILES string of the molecule is COc1ccccc1NC(=O)NCCn1cc(N)cn1. The predicted octanol–water partition coefficient (Wildman–Crippen LogP) is 1.30. The molecule has 20 heavy (non-hydrogen) atoms. The number of carbonyl (C=O) groups excluding carboxylic acids is 1. The van der Waals surface area contributed by atoms with Gasteiger partial charge in [-0.2, -0.15) is 5.10 Å². The molecule has 1 aromatic heterocycles. The summed E-state index contributed by atoms with van der Waals surface area (Å²) in [5.41, 5.74) is 6.77. The number of methoxy groups -OCH3 is 1. The number of nitrogen functional groups attached to an aromatic ring is 1. The monoisotopic (exact) mass is 275 g/mol. The van der Waals surface area contributed by atoms with Crippen LogP contribution >= 0.6 is 0 Å². The number of nitrogens with zero attached hydrogens (tertiary/aromatic N) is 2. The van der Waals surface area contributed by atoms with E-state index in [0.717, 1.165) is 0 Å². The van der Waals surface area contributed by atoms with Crippen LogP contribution in [-0.4, -0.2) is 29.5 Å². The van der Waals surface area contributed by atoms with Crippen LogP contribution in [0.3, 0.4) is 0 Å². The Morgan fingerprint density at radius 2 is 2.25 bits per heavy atom. The standard InChI is InChI=1S/C13H17N5O2/c1-20-12-5-3-2-4-11(12)17-13(19)15-6-7-18-9-10(14)8-16-18/h2-5,8-9H,6-7,14H2,1H3,(H2,15,17,19). The van der Waals surface area contributed by atoms with Crippen molar-refractivity contribution in [1.82, 2.24) is 15.1 Å². The highest BCUT2D eigenvalue weighted by Gasteiger charge is 2.05. The second-order valence-corrected chi connectivity index (χ2v) is 4.12. The van der Waals surface area contributed by atoms with E-state index in [1.54, 1.807) is 36.3 Å². The largest absolute Gasteiger partial charge is 0.495 e. The van der Waals surface area contributed by atoms with Crippen LogP contribution in [0, 0.1) is 0 Å². The molecule has 0 spiro atoms. The van der Waals surface area contributed by atoms with E-state index in [1.165, 1.54) is 0 Å². The van der Waals surface area contributed by atoms with Gasteiger partial charge in [-0.1, -0.05) is 12.1 Å². The van der Waals surface area contributed by atoms with E-state index in [1.807, 2.05) is 12.1 Å². The smallest absolute Gasteiger partial charge is 0.319 e. The van der Waals surface area contributed by atoms with Crippen LogP contribution in [0.1, 0.15) is 0 Å². The third kappa shape index (κ3) is 3.64. The lowest BCUT2D eigenvalue weighted by Gasteiger charge is -2.10. The number of benzene rings is 1. The molecule has 1 heterocycles. The van der Waals surface area contributed by atoms with Gasteiger partial charge in [0, 0.05) is 12.7 Å². The van der Waals surface area contributed by atoms with E-state index < -0.39 is 0 Å². The van der Waals surface area contributed by atoms with Crippen LogP contribution in [0.2, 0.25) is 0 Å². The molecule has 2 amide bonds. The molecule has 1 aromatic carbocycles. The highest BCUT2D eigenvalue weighted by atomic mass is 16.5. The number of anilines is 2. The lowest BCUT2D eigenvalue weighted by Crippen LogP contribution is -2.31. The normalized spacial score (nSPS) is 10.1. The summed E-state index contributed by atoms with van der Waals surface area (Å²) in [4.78, 5) is 11.7. The van der Waals surface area contributed by atoms with Crippen molar-refractivity contribution in [1.29, 1.82) is 0 Å². The highest BCUT2D eigenvalue weighted by Crippen LogP contribution is 2.22. The molecule has 0 saturated carbocycles. The number of aromatic nitrogens is 2. The van der Waals surface area contributed by atoms with Gasteiger partial charge in [-0.25, -0.2) is 4.79 Å². The van der Waals surface area contributed by atoms with Gasteiger partial charge in [-0.3, -0.25) is 4.68 Å². The lowest BCUT2D eigenvalue weighted by molar-refractivity contribution is 0.251. The molecule has 106 valence electrons. The maximum atomic E-state index is 11.7. The average molecular weight is 275 g/mol. The Labute approximate surface area is 116 Å². The number of nitrogens with one attached hydrogen (secondary N) is 2. The first-order valence-corrected chi connectivity index (χ1v) is 6.15. The topological polar surface area (TPSA) is 94.2 Å². The number of amides is 2. The molecule has 4 N–H and O–H groups in total. The molecule has 0 unspecified atom stereocenters. The summed E-state index contributed by atoms with van der Waals surface area (Å²) in [5.74, 6) is 0.613. The summed E-state index contributed by atoms with van der Waals surface area (Å²) >= 11 is 0. The van der Waals surface area contributed by atoms with E-state index in [9.17, 15) is 4.79 Å². The molecule has 0 saturated heterocycles. The summed E-state index contributed by atoms with van der Waals surface area (Å²) in [6.07, 6.45) is 3.27. The quantitative estimate of drug-likeness (QED) is 0.766. The Bertz CT molecular complexity index is 582. The first-order chi connectivity index (χ1) is 9.69. The molecule has 0 bridgehead atoms. The zero-order valence-corrected chi connectivity index (χ0v) is 11.2. The number of urea groups is 1. The number of para-hydroxylation sites is 2. The van der Waals surface area contributed by atoms with Gasteiger partial charge in [-0.15, -0.1) is 0 Å². The fraction of sp³-hybridized carbons (Fsp3) is 0.231. The van der Waals surface area contributed by atoms with Gasteiger partial charge in [0.25, 0.3) is 0 Å².